The Morgan fingerprint density at radius 2 is 2.06 bits per heavy atom. The van der Waals surface area contributed by atoms with E-state index < -0.39 is 9.84 Å². The number of carbonyl (C=O) groups excluding carboxylic acids is 1. The number of nitrogens with one attached hydrogen (secondary N) is 1. The van der Waals surface area contributed by atoms with Crippen molar-refractivity contribution in [3.63, 3.8) is 0 Å². The van der Waals surface area contributed by atoms with Crippen LogP contribution in [0.5, 0.6) is 0 Å². The molecule has 0 aliphatic carbocycles. The van der Waals surface area contributed by atoms with Gasteiger partial charge in [-0.25, -0.2) is 8.42 Å². The lowest BCUT2D eigenvalue weighted by molar-refractivity contribution is -0.119. The molecule has 4 nitrogen and oxygen atoms in total. The van der Waals surface area contributed by atoms with E-state index in [-0.39, 0.29) is 23.5 Å². The van der Waals surface area contributed by atoms with Gasteiger partial charge in [0.1, 0.15) is 0 Å². The van der Waals surface area contributed by atoms with Gasteiger partial charge in [-0.2, -0.15) is 0 Å². The standard InChI is InChI=1S/C12H15NO3S2/c14-12(8-17-11-4-2-1-3-5-11)13-10-6-7-18(15,16)9-10/h1-5,10H,6-9H2,(H,13,14)/t10-/m0/s1. The normalized spacial score (nSPS) is 21.7. The van der Waals surface area contributed by atoms with Gasteiger partial charge in [0.25, 0.3) is 0 Å². The van der Waals surface area contributed by atoms with Crippen molar-refractivity contribution >= 4 is 27.5 Å². The summed E-state index contributed by atoms with van der Waals surface area (Å²) < 4.78 is 22.5. The molecule has 98 valence electrons. The van der Waals surface area contributed by atoms with Gasteiger partial charge in [0, 0.05) is 10.9 Å². The quantitative estimate of drug-likeness (QED) is 0.841. The van der Waals surface area contributed by atoms with Gasteiger partial charge in [-0.3, -0.25) is 4.79 Å². The molecular weight excluding hydrogens is 270 g/mol. The van der Waals surface area contributed by atoms with Crippen LogP contribution in [0.2, 0.25) is 0 Å². The average Bonchev–Trinajstić information content (AvgIpc) is 2.67. The summed E-state index contributed by atoms with van der Waals surface area (Å²) in [5.74, 6) is 0.477. The van der Waals surface area contributed by atoms with Crippen LogP contribution in [0.15, 0.2) is 35.2 Å². The molecule has 1 aromatic rings. The van der Waals surface area contributed by atoms with Crippen LogP contribution in [0.3, 0.4) is 0 Å². The minimum Gasteiger partial charge on any atom is -0.352 e. The van der Waals surface area contributed by atoms with Crippen molar-refractivity contribution < 1.29 is 13.2 Å². The van der Waals surface area contributed by atoms with Crippen molar-refractivity contribution in [2.75, 3.05) is 17.3 Å². The molecule has 1 heterocycles. The summed E-state index contributed by atoms with van der Waals surface area (Å²) in [6.45, 7) is 0. The minimum absolute atomic E-state index is 0.0781. The summed E-state index contributed by atoms with van der Waals surface area (Å²) >= 11 is 1.45. The molecule has 1 amide bonds. The van der Waals surface area contributed by atoms with E-state index in [1.807, 2.05) is 30.3 Å². The summed E-state index contributed by atoms with van der Waals surface area (Å²) in [6, 6.07) is 9.44. The number of hydrogen-bond acceptors (Lipinski definition) is 4. The summed E-state index contributed by atoms with van der Waals surface area (Å²) in [7, 11) is -2.93. The molecule has 1 aromatic carbocycles. The monoisotopic (exact) mass is 285 g/mol. The first-order valence-electron chi connectivity index (χ1n) is 5.73. The Bertz CT molecular complexity index is 513. The molecule has 0 bridgehead atoms. The Morgan fingerprint density at radius 1 is 1.33 bits per heavy atom. The van der Waals surface area contributed by atoms with Gasteiger partial charge in [0.05, 0.1) is 17.3 Å². The van der Waals surface area contributed by atoms with Crippen LogP contribution in [0.1, 0.15) is 6.42 Å². The van der Waals surface area contributed by atoms with Gasteiger partial charge in [0.15, 0.2) is 9.84 Å². The van der Waals surface area contributed by atoms with E-state index in [0.717, 1.165) is 4.90 Å². The first-order chi connectivity index (χ1) is 8.55. The number of hydrogen-bond donors (Lipinski definition) is 1. The second kappa shape index (κ2) is 5.75. The molecule has 6 heteroatoms. The summed E-state index contributed by atoms with van der Waals surface area (Å²) in [6.07, 6.45) is 0.532. The van der Waals surface area contributed by atoms with Gasteiger partial charge >= 0.3 is 0 Å². The van der Waals surface area contributed by atoms with E-state index in [2.05, 4.69) is 5.32 Å². The maximum Gasteiger partial charge on any atom is 0.230 e. The molecule has 0 saturated carbocycles. The van der Waals surface area contributed by atoms with Crippen molar-refractivity contribution in [1.29, 1.82) is 0 Å². The molecule has 1 aliphatic heterocycles. The van der Waals surface area contributed by atoms with E-state index in [1.54, 1.807) is 0 Å². The lowest BCUT2D eigenvalue weighted by Gasteiger charge is -2.10. The highest BCUT2D eigenvalue weighted by Crippen LogP contribution is 2.17. The maximum absolute atomic E-state index is 11.7. The van der Waals surface area contributed by atoms with Crippen LogP contribution in [0.4, 0.5) is 0 Å². The second-order valence-electron chi connectivity index (χ2n) is 4.27. The average molecular weight is 285 g/mol. The van der Waals surface area contributed by atoms with Crippen molar-refractivity contribution in [1.82, 2.24) is 5.32 Å². The highest BCUT2D eigenvalue weighted by atomic mass is 32.2. The Morgan fingerprint density at radius 3 is 2.67 bits per heavy atom. The summed E-state index contributed by atoms with van der Waals surface area (Å²) in [5.41, 5.74) is 0. The van der Waals surface area contributed by atoms with Gasteiger partial charge in [-0.15, -0.1) is 11.8 Å². The van der Waals surface area contributed by atoms with E-state index in [1.165, 1.54) is 11.8 Å². The molecule has 1 aliphatic rings. The number of sulfone groups is 1. The van der Waals surface area contributed by atoms with Crippen molar-refractivity contribution in [2.24, 2.45) is 0 Å². The minimum atomic E-state index is -2.93. The maximum atomic E-state index is 11.7. The Kier molecular flexibility index (Phi) is 4.29. The first kappa shape index (κ1) is 13.4. The molecule has 1 atom stereocenters. The van der Waals surface area contributed by atoms with Gasteiger partial charge in [0.2, 0.25) is 5.91 Å². The van der Waals surface area contributed by atoms with E-state index in [9.17, 15) is 13.2 Å². The van der Waals surface area contributed by atoms with Gasteiger partial charge < -0.3 is 5.32 Å². The van der Waals surface area contributed by atoms with Gasteiger partial charge in [-0.1, -0.05) is 18.2 Å². The molecule has 1 saturated heterocycles. The van der Waals surface area contributed by atoms with Crippen LogP contribution >= 0.6 is 11.8 Å². The first-order valence-corrected chi connectivity index (χ1v) is 8.53. The predicted molar refractivity (Wildman–Crippen MR) is 72.4 cm³/mol. The topological polar surface area (TPSA) is 63.2 Å². The zero-order valence-corrected chi connectivity index (χ0v) is 11.5. The van der Waals surface area contributed by atoms with Crippen LogP contribution < -0.4 is 5.32 Å². The number of rotatable bonds is 4. The lowest BCUT2D eigenvalue weighted by atomic mass is 10.3. The highest BCUT2D eigenvalue weighted by molar-refractivity contribution is 8.00. The van der Waals surface area contributed by atoms with Crippen molar-refractivity contribution in [2.45, 2.75) is 17.4 Å². The fourth-order valence-corrected chi connectivity index (χ4v) is 4.25. The third-order valence-corrected chi connectivity index (χ3v) is 5.49. The summed E-state index contributed by atoms with van der Waals surface area (Å²) in [5, 5.41) is 2.77. The SMILES string of the molecule is O=C(CSc1ccccc1)N[C@H]1CCS(=O)(=O)C1. The molecule has 1 fully saturated rings. The Hall–Kier alpha value is -1.01. The lowest BCUT2D eigenvalue weighted by Crippen LogP contribution is -2.36. The number of carbonyl (C=O) groups is 1. The number of amides is 1. The second-order valence-corrected chi connectivity index (χ2v) is 7.55. The molecule has 0 aromatic heterocycles. The molecule has 18 heavy (non-hydrogen) atoms. The largest absolute Gasteiger partial charge is 0.352 e. The van der Waals surface area contributed by atoms with Crippen LogP contribution in [-0.4, -0.2) is 37.6 Å². The fraction of sp³-hybridized carbons (Fsp3) is 0.417. The van der Waals surface area contributed by atoms with E-state index in [4.69, 9.17) is 0 Å². The molecular formula is C12H15NO3S2. The number of thioether (sulfide) groups is 1. The molecule has 1 N–H and O–H groups in total. The van der Waals surface area contributed by atoms with Crippen LogP contribution in [0, 0.1) is 0 Å². The smallest absolute Gasteiger partial charge is 0.230 e. The Balaban J connectivity index is 1.76. The third kappa shape index (κ3) is 4.03. The number of benzene rings is 1. The molecule has 0 spiro atoms. The van der Waals surface area contributed by atoms with Crippen LogP contribution in [0.25, 0.3) is 0 Å². The highest BCUT2D eigenvalue weighted by Gasteiger charge is 2.28. The van der Waals surface area contributed by atoms with Crippen molar-refractivity contribution in [3.8, 4) is 0 Å². The van der Waals surface area contributed by atoms with Crippen molar-refractivity contribution in [3.05, 3.63) is 30.3 Å². The zero-order valence-electron chi connectivity index (χ0n) is 9.83. The predicted octanol–water partition coefficient (Wildman–Crippen LogP) is 1.08. The fourth-order valence-electron chi connectivity index (χ4n) is 1.84. The van der Waals surface area contributed by atoms with Crippen LogP contribution in [-0.2, 0) is 14.6 Å². The summed E-state index contributed by atoms with van der Waals surface area (Å²) in [4.78, 5) is 12.7. The van der Waals surface area contributed by atoms with E-state index >= 15 is 0 Å². The zero-order chi connectivity index (χ0) is 13.0. The van der Waals surface area contributed by atoms with Gasteiger partial charge in [-0.05, 0) is 18.6 Å². The Labute approximate surface area is 111 Å². The van der Waals surface area contributed by atoms with E-state index in [0.29, 0.717) is 12.2 Å². The third-order valence-electron chi connectivity index (χ3n) is 2.71. The molecule has 0 unspecified atom stereocenters. The molecule has 0 radical (unpaired) electrons. The molecule has 2 rings (SSSR count).